The first kappa shape index (κ1) is 46.1. The minimum Gasteiger partial charge on any atom is -0.507 e. The van der Waals surface area contributed by atoms with Gasteiger partial charge in [-0.15, -0.1) is 0 Å². The third-order valence-electron chi connectivity index (χ3n) is 9.99. The summed E-state index contributed by atoms with van der Waals surface area (Å²) in [6, 6.07) is 3.66. The summed E-state index contributed by atoms with van der Waals surface area (Å²) in [5, 5.41) is 30.3. The van der Waals surface area contributed by atoms with Crippen LogP contribution in [0.15, 0.2) is 36.4 Å². The number of carbonyl (C=O) groups excluding carboxylic acids is 4. The maximum atomic E-state index is 14.3. The van der Waals surface area contributed by atoms with Crippen LogP contribution in [0.2, 0.25) is 0 Å². The number of sulfonamides is 1. The maximum Gasteiger partial charge on any atom is 0.328 e. The number of phenolic OH excluding ortho intramolecular Hbond substituents is 2. The molecule has 4 atom stereocenters. The van der Waals surface area contributed by atoms with Crippen molar-refractivity contribution in [3.8, 4) is 22.6 Å². The monoisotopic (exact) mass is 802 g/mol. The highest BCUT2D eigenvalue weighted by Crippen LogP contribution is 2.39. The molecular weight excluding hydrogens is 741 g/mol. The summed E-state index contributed by atoms with van der Waals surface area (Å²) in [5.74, 6) is -3.66. The summed E-state index contributed by atoms with van der Waals surface area (Å²) in [6.07, 6.45) is 10.4. The van der Waals surface area contributed by atoms with Crippen LogP contribution >= 0.6 is 0 Å². The zero-order chi connectivity index (χ0) is 41.3. The zero-order valence-corrected chi connectivity index (χ0v) is 34.1. The Morgan fingerprint density at radius 1 is 0.911 bits per heavy atom. The quantitative estimate of drug-likeness (QED) is 0.0717. The number of nitrogens with zero attached hydrogens (tertiary/aromatic N) is 1. The normalized spacial score (nSPS) is 18.0. The highest BCUT2D eigenvalue weighted by molar-refractivity contribution is 7.89. The number of esters is 1. The van der Waals surface area contributed by atoms with Crippen molar-refractivity contribution in [1.29, 1.82) is 0 Å². The molecule has 312 valence electrons. The SMILES string of the molecule is CCCCCCCCCCNCCS(=O)(=O)N[C@@H](CCCCN)C(=O)N(C)[C@@H]1C(=O)N[C@@H](C)C(=O)N[C@H](C(=O)OC)Cc2ccc(O)c(c2)-c2cc1ccc2O. The van der Waals surface area contributed by atoms with E-state index in [9.17, 15) is 37.8 Å². The number of amides is 3. The molecule has 0 saturated heterocycles. The van der Waals surface area contributed by atoms with E-state index in [1.54, 1.807) is 12.1 Å². The molecule has 0 spiro atoms. The van der Waals surface area contributed by atoms with Gasteiger partial charge in [-0.3, -0.25) is 14.4 Å². The molecule has 1 aliphatic heterocycles. The number of methoxy groups -OCH3 is 1. The van der Waals surface area contributed by atoms with Gasteiger partial charge in [0.25, 0.3) is 0 Å². The van der Waals surface area contributed by atoms with Crippen molar-refractivity contribution in [2.45, 2.75) is 115 Å². The van der Waals surface area contributed by atoms with E-state index in [1.165, 1.54) is 77.5 Å². The van der Waals surface area contributed by atoms with Gasteiger partial charge in [0, 0.05) is 31.1 Å². The zero-order valence-electron chi connectivity index (χ0n) is 33.3. The van der Waals surface area contributed by atoms with Crippen molar-refractivity contribution in [2.75, 3.05) is 39.5 Å². The number of unbranched alkanes of at least 4 members (excludes halogenated alkanes) is 8. The molecule has 4 bridgehead atoms. The van der Waals surface area contributed by atoms with Crippen molar-refractivity contribution in [2.24, 2.45) is 5.73 Å². The Labute approximate surface area is 331 Å². The Hall–Kier alpha value is -4.25. The third kappa shape index (κ3) is 14.0. The lowest BCUT2D eigenvalue weighted by atomic mass is 9.93. The minimum atomic E-state index is -3.96. The molecule has 3 rings (SSSR count). The average molecular weight is 803 g/mol. The number of benzene rings is 2. The molecule has 15 nitrogen and oxygen atoms in total. The smallest absolute Gasteiger partial charge is 0.328 e. The molecule has 0 aliphatic carbocycles. The van der Waals surface area contributed by atoms with Gasteiger partial charge in [-0.05, 0) is 74.7 Å². The van der Waals surface area contributed by atoms with Crippen LogP contribution < -0.4 is 26.4 Å². The van der Waals surface area contributed by atoms with Gasteiger partial charge >= 0.3 is 5.97 Å². The molecule has 0 saturated carbocycles. The van der Waals surface area contributed by atoms with E-state index in [0.717, 1.165) is 24.2 Å². The molecule has 1 aliphatic rings. The molecule has 0 unspecified atom stereocenters. The van der Waals surface area contributed by atoms with E-state index in [0.29, 0.717) is 31.5 Å². The van der Waals surface area contributed by atoms with E-state index < -0.39 is 57.9 Å². The number of carbonyl (C=O) groups is 4. The molecule has 1 heterocycles. The second kappa shape index (κ2) is 23.1. The summed E-state index contributed by atoms with van der Waals surface area (Å²) in [4.78, 5) is 55.6. The van der Waals surface area contributed by atoms with Crippen molar-refractivity contribution in [3.05, 3.63) is 47.5 Å². The van der Waals surface area contributed by atoms with Crippen LogP contribution in [-0.2, 0) is 40.4 Å². The van der Waals surface area contributed by atoms with Crippen molar-refractivity contribution < 1.29 is 42.5 Å². The summed E-state index contributed by atoms with van der Waals surface area (Å²) >= 11 is 0. The fourth-order valence-corrected chi connectivity index (χ4v) is 7.91. The number of nitrogens with two attached hydrogens (primary N) is 1. The van der Waals surface area contributed by atoms with Gasteiger partial charge in [0.15, 0.2) is 0 Å². The third-order valence-corrected chi connectivity index (χ3v) is 11.4. The molecule has 0 radical (unpaired) electrons. The Kier molecular flexibility index (Phi) is 19.0. The number of nitrogens with one attached hydrogen (secondary N) is 4. The van der Waals surface area contributed by atoms with E-state index >= 15 is 0 Å². The Morgan fingerprint density at radius 2 is 1.55 bits per heavy atom. The lowest BCUT2D eigenvalue weighted by Gasteiger charge is -2.32. The van der Waals surface area contributed by atoms with Gasteiger partial charge in [-0.1, -0.05) is 70.4 Å². The number of hydrogen-bond acceptors (Lipinski definition) is 11. The van der Waals surface area contributed by atoms with E-state index in [1.807, 2.05) is 0 Å². The predicted octanol–water partition coefficient (Wildman–Crippen LogP) is 3.13. The summed E-state index contributed by atoms with van der Waals surface area (Å²) in [6.45, 7) is 4.81. The van der Waals surface area contributed by atoms with Gasteiger partial charge < -0.3 is 41.5 Å². The number of aromatic hydroxyl groups is 2. The standard InChI is InChI=1S/C40H62N6O9S/c1-5-6-7-8-9-10-11-14-21-42-22-23-56(53,54)45-32(15-12-13-20-41)39(51)46(3)36-29-17-19-35(48)31(26-29)30-24-28(16-18-34(30)47)25-33(40(52)55-4)44-37(49)27(2)43-38(36)50/h16-19,24,26-27,32-33,36,42,45,47-48H,5-15,20-23,25,41H2,1-4H3,(H,43,50)(H,44,49)/t27-,32-,33-,36-/m0/s1. The van der Waals surface area contributed by atoms with Gasteiger partial charge in [0.05, 0.1) is 12.9 Å². The van der Waals surface area contributed by atoms with Gasteiger partial charge in [0.1, 0.15) is 35.7 Å². The maximum absolute atomic E-state index is 14.3. The summed E-state index contributed by atoms with van der Waals surface area (Å²) < 4.78 is 34.1. The first-order chi connectivity index (χ1) is 26.7. The highest BCUT2D eigenvalue weighted by atomic mass is 32.2. The van der Waals surface area contributed by atoms with Gasteiger partial charge in [0.2, 0.25) is 27.7 Å². The second-order valence-electron chi connectivity index (χ2n) is 14.5. The summed E-state index contributed by atoms with van der Waals surface area (Å²) in [5.41, 5.74) is 6.74. The molecule has 56 heavy (non-hydrogen) atoms. The average Bonchev–Trinajstić information content (AvgIpc) is 3.16. The molecule has 2 aromatic carbocycles. The Morgan fingerprint density at radius 3 is 2.21 bits per heavy atom. The minimum absolute atomic E-state index is 0.0244. The van der Waals surface area contributed by atoms with Crippen LogP contribution in [0.1, 0.15) is 102 Å². The molecule has 0 aromatic heterocycles. The fourth-order valence-electron chi connectivity index (χ4n) is 6.73. The lowest BCUT2D eigenvalue weighted by molar-refractivity contribution is -0.145. The topological polar surface area (TPSA) is 229 Å². The van der Waals surface area contributed by atoms with Crippen LogP contribution in [0.25, 0.3) is 11.1 Å². The number of rotatable bonds is 21. The molecule has 8 N–H and O–H groups in total. The molecule has 0 fully saturated rings. The highest BCUT2D eigenvalue weighted by Gasteiger charge is 2.36. The van der Waals surface area contributed by atoms with Crippen LogP contribution in [-0.4, -0.2) is 105 Å². The van der Waals surface area contributed by atoms with Crippen LogP contribution in [0.5, 0.6) is 11.5 Å². The number of phenols is 2. The van der Waals surface area contributed by atoms with E-state index in [2.05, 4.69) is 27.6 Å². The lowest BCUT2D eigenvalue weighted by Crippen LogP contribution is -2.55. The van der Waals surface area contributed by atoms with Crippen molar-refractivity contribution in [3.63, 3.8) is 0 Å². The van der Waals surface area contributed by atoms with Crippen molar-refractivity contribution >= 4 is 33.7 Å². The fraction of sp³-hybridized carbons (Fsp3) is 0.600. The molecular formula is C40H62N6O9S. The Balaban J connectivity index is 1.89. The van der Waals surface area contributed by atoms with E-state index in [-0.39, 0.29) is 53.3 Å². The van der Waals surface area contributed by atoms with Crippen LogP contribution in [0.3, 0.4) is 0 Å². The number of likely N-dealkylation sites (N-methyl/N-ethyl adjacent to an activating group) is 1. The number of fused-ring (bicyclic) bond motifs is 5. The first-order valence-electron chi connectivity index (χ1n) is 19.7. The van der Waals surface area contributed by atoms with Gasteiger partial charge in [-0.25, -0.2) is 17.9 Å². The van der Waals surface area contributed by atoms with Crippen molar-refractivity contribution in [1.82, 2.24) is 25.6 Å². The van der Waals surface area contributed by atoms with E-state index in [4.69, 9.17) is 10.5 Å². The molecule has 2 aromatic rings. The van der Waals surface area contributed by atoms with Gasteiger partial charge in [-0.2, -0.15) is 0 Å². The number of hydrogen-bond donors (Lipinski definition) is 7. The number of ether oxygens (including phenoxy) is 1. The second-order valence-corrected chi connectivity index (χ2v) is 16.4. The largest absolute Gasteiger partial charge is 0.507 e. The first-order valence-corrected chi connectivity index (χ1v) is 21.4. The predicted molar refractivity (Wildman–Crippen MR) is 215 cm³/mol. The van der Waals surface area contributed by atoms with Crippen LogP contribution in [0.4, 0.5) is 0 Å². The molecule has 3 amide bonds. The summed E-state index contributed by atoms with van der Waals surface area (Å²) in [7, 11) is -1.43. The molecule has 16 heteroatoms. The van der Waals surface area contributed by atoms with Crippen LogP contribution in [0, 0.1) is 0 Å². The Bertz CT molecular complexity index is 1720.